The van der Waals surface area contributed by atoms with Gasteiger partial charge in [0.05, 0.1) is 33.6 Å². The number of aryl methyl sites for hydroxylation is 1. The molecule has 0 aliphatic rings. The first-order valence-electron chi connectivity index (χ1n) is 9.72. The lowest BCUT2D eigenvalue weighted by atomic mass is 10.1. The lowest BCUT2D eigenvalue weighted by Gasteiger charge is -2.08. The van der Waals surface area contributed by atoms with Gasteiger partial charge < -0.3 is 0 Å². The number of aromatic nitrogens is 4. The van der Waals surface area contributed by atoms with Crippen LogP contribution in [0.4, 0.5) is 0 Å². The van der Waals surface area contributed by atoms with Crippen molar-refractivity contribution in [2.24, 2.45) is 0 Å². The average molecular weight is 374 g/mol. The first-order chi connectivity index (χ1) is 14.3. The zero-order valence-electron chi connectivity index (χ0n) is 15.9. The summed E-state index contributed by atoms with van der Waals surface area (Å²) in [5.74, 6) is 0. The van der Waals surface area contributed by atoms with Crippen LogP contribution in [0.3, 0.4) is 0 Å². The predicted molar refractivity (Wildman–Crippen MR) is 117 cm³/mol. The highest BCUT2D eigenvalue weighted by Gasteiger charge is 2.19. The molecule has 6 rings (SSSR count). The second-order valence-electron chi connectivity index (χ2n) is 7.27. The number of pyridine rings is 1. The predicted octanol–water partition coefficient (Wildman–Crippen LogP) is 5.80. The van der Waals surface area contributed by atoms with E-state index in [9.17, 15) is 0 Å². The lowest BCUT2D eigenvalue weighted by molar-refractivity contribution is 0.891. The van der Waals surface area contributed by atoms with Crippen LogP contribution >= 0.6 is 0 Å². The van der Waals surface area contributed by atoms with Gasteiger partial charge in [0.1, 0.15) is 0 Å². The van der Waals surface area contributed by atoms with E-state index in [1.54, 1.807) is 0 Å². The summed E-state index contributed by atoms with van der Waals surface area (Å²) in [6.07, 6.45) is 0. The van der Waals surface area contributed by atoms with Crippen LogP contribution in [-0.4, -0.2) is 19.4 Å². The molecule has 0 radical (unpaired) electrons. The SMILES string of the molecule is Cc1nn(-c2ccccc2)c2c3ccccc3n3nc(-c4ccccc4)cc3c12. The van der Waals surface area contributed by atoms with E-state index in [0.29, 0.717) is 0 Å². The molecule has 0 bridgehead atoms. The molecular formula is C25H18N4. The fourth-order valence-electron chi connectivity index (χ4n) is 4.19. The highest BCUT2D eigenvalue weighted by molar-refractivity contribution is 6.12. The zero-order chi connectivity index (χ0) is 19.4. The molecule has 3 aromatic carbocycles. The van der Waals surface area contributed by atoms with Crippen molar-refractivity contribution in [3.63, 3.8) is 0 Å². The molecule has 0 saturated heterocycles. The molecule has 0 amide bonds. The van der Waals surface area contributed by atoms with Crippen molar-refractivity contribution >= 4 is 27.3 Å². The van der Waals surface area contributed by atoms with E-state index in [-0.39, 0.29) is 0 Å². The number of fused-ring (bicyclic) bond motifs is 6. The molecule has 4 nitrogen and oxygen atoms in total. The van der Waals surface area contributed by atoms with Gasteiger partial charge in [-0.05, 0) is 31.2 Å². The van der Waals surface area contributed by atoms with Gasteiger partial charge in [0.25, 0.3) is 0 Å². The molecule has 3 heterocycles. The van der Waals surface area contributed by atoms with Gasteiger partial charge in [-0.3, -0.25) is 0 Å². The van der Waals surface area contributed by atoms with Crippen molar-refractivity contribution in [2.75, 3.05) is 0 Å². The Morgan fingerprint density at radius 1 is 0.690 bits per heavy atom. The van der Waals surface area contributed by atoms with Gasteiger partial charge in [-0.15, -0.1) is 0 Å². The number of benzene rings is 3. The number of para-hydroxylation sites is 2. The van der Waals surface area contributed by atoms with Crippen molar-refractivity contribution in [1.82, 2.24) is 19.4 Å². The molecule has 0 spiro atoms. The van der Waals surface area contributed by atoms with Crippen LogP contribution in [0.15, 0.2) is 91.0 Å². The zero-order valence-corrected chi connectivity index (χ0v) is 15.9. The maximum Gasteiger partial charge on any atom is 0.0934 e. The second-order valence-corrected chi connectivity index (χ2v) is 7.27. The molecular weight excluding hydrogens is 356 g/mol. The molecule has 0 N–H and O–H groups in total. The smallest absolute Gasteiger partial charge is 0.0934 e. The summed E-state index contributed by atoms with van der Waals surface area (Å²) in [6.45, 7) is 2.08. The summed E-state index contributed by atoms with van der Waals surface area (Å²) in [6, 6.07) is 31.2. The van der Waals surface area contributed by atoms with Crippen LogP contribution in [0.2, 0.25) is 0 Å². The maximum absolute atomic E-state index is 4.96. The topological polar surface area (TPSA) is 35.1 Å². The Kier molecular flexibility index (Phi) is 3.35. The van der Waals surface area contributed by atoms with Crippen LogP contribution in [0.25, 0.3) is 44.3 Å². The van der Waals surface area contributed by atoms with Gasteiger partial charge in [-0.2, -0.15) is 10.2 Å². The van der Waals surface area contributed by atoms with Crippen LogP contribution < -0.4 is 0 Å². The molecule has 0 saturated carbocycles. The Morgan fingerprint density at radius 2 is 1.38 bits per heavy atom. The summed E-state index contributed by atoms with van der Waals surface area (Å²) in [4.78, 5) is 0. The Hall–Kier alpha value is -3.92. The Bertz CT molecular complexity index is 1490. The molecule has 29 heavy (non-hydrogen) atoms. The first-order valence-corrected chi connectivity index (χ1v) is 9.72. The molecule has 138 valence electrons. The Morgan fingerprint density at radius 3 is 2.17 bits per heavy atom. The minimum Gasteiger partial charge on any atom is -0.232 e. The number of rotatable bonds is 2. The van der Waals surface area contributed by atoms with E-state index in [0.717, 1.165) is 50.0 Å². The van der Waals surface area contributed by atoms with E-state index in [4.69, 9.17) is 10.2 Å². The van der Waals surface area contributed by atoms with E-state index in [1.165, 1.54) is 0 Å². The van der Waals surface area contributed by atoms with Crippen molar-refractivity contribution in [3.8, 4) is 16.9 Å². The number of nitrogens with zero attached hydrogens (tertiary/aromatic N) is 4. The van der Waals surface area contributed by atoms with E-state index < -0.39 is 0 Å². The monoisotopic (exact) mass is 374 g/mol. The third kappa shape index (κ3) is 2.32. The molecule has 0 aliphatic carbocycles. The number of hydrogen-bond donors (Lipinski definition) is 0. The largest absolute Gasteiger partial charge is 0.232 e. The highest BCUT2D eigenvalue weighted by Crippen LogP contribution is 2.34. The molecule has 3 aromatic heterocycles. The van der Waals surface area contributed by atoms with Gasteiger partial charge >= 0.3 is 0 Å². The fraction of sp³-hybridized carbons (Fsp3) is 0.0400. The molecule has 6 aromatic rings. The average Bonchev–Trinajstić information content (AvgIpc) is 3.37. The lowest BCUT2D eigenvalue weighted by Crippen LogP contribution is -1.98. The minimum atomic E-state index is 0.968. The summed E-state index contributed by atoms with van der Waals surface area (Å²) < 4.78 is 4.12. The fourth-order valence-corrected chi connectivity index (χ4v) is 4.19. The Balaban J connectivity index is 1.80. The van der Waals surface area contributed by atoms with Gasteiger partial charge in [0, 0.05) is 16.3 Å². The van der Waals surface area contributed by atoms with Gasteiger partial charge in [-0.1, -0.05) is 66.7 Å². The molecule has 4 heteroatoms. The first kappa shape index (κ1) is 16.1. The van der Waals surface area contributed by atoms with Crippen molar-refractivity contribution in [3.05, 3.63) is 96.7 Å². The third-order valence-electron chi connectivity index (χ3n) is 5.48. The van der Waals surface area contributed by atoms with Crippen LogP contribution in [0.1, 0.15) is 5.69 Å². The second kappa shape index (κ2) is 6.04. The minimum absolute atomic E-state index is 0.968. The molecule has 0 aliphatic heterocycles. The summed E-state index contributed by atoms with van der Waals surface area (Å²) in [7, 11) is 0. The van der Waals surface area contributed by atoms with Gasteiger partial charge in [0.2, 0.25) is 0 Å². The summed E-state index contributed by atoms with van der Waals surface area (Å²) >= 11 is 0. The van der Waals surface area contributed by atoms with Crippen molar-refractivity contribution in [1.29, 1.82) is 0 Å². The summed E-state index contributed by atoms with van der Waals surface area (Å²) in [5.41, 5.74) is 7.42. The van der Waals surface area contributed by atoms with Crippen LogP contribution in [0, 0.1) is 6.92 Å². The summed E-state index contributed by atoms with van der Waals surface area (Å²) in [5, 5.41) is 12.2. The standard InChI is InChI=1S/C25H18N4/c1-17-24-23-16-21(18-10-4-2-5-11-18)27-29(23)22-15-9-8-14-20(22)25(24)28(26-17)19-12-6-3-7-13-19/h2-16H,1H3. The normalized spacial score (nSPS) is 11.6. The third-order valence-corrected chi connectivity index (χ3v) is 5.48. The van der Waals surface area contributed by atoms with Crippen molar-refractivity contribution < 1.29 is 0 Å². The van der Waals surface area contributed by atoms with E-state index >= 15 is 0 Å². The molecule has 0 unspecified atom stereocenters. The van der Waals surface area contributed by atoms with Gasteiger partial charge in [-0.25, -0.2) is 9.20 Å². The van der Waals surface area contributed by atoms with Crippen molar-refractivity contribution in [2.45, 2.75) is 6.92 Å². The van der Waals surface area contributed by atoms with Crippen LogP contribution in [-0.2, 0) is 0 Å². The quantitative estimate of drug-likeness (QED) is 0.384. The highest BCUT2D eigenvalue weighted by atomic mass is 15.3. The molecule has 0 fully saturated rings. The van der Waals surface area contributed by atoms with E-state index in [1.807, 2.05) is 36.4 Å². The Labute approximate surface area is 167 Å². The van der Waals surface area contributed by atoms with Crippen LogP contribution in [0.5, 0.6) is 0 Å². The molecule has 0 atom stereocenters. The number of hydrogen-bond acceptors (Lipinski definition) is 2. The van der Waals surface area contributed by atoms with Gasteiger partial charge in [0.15, 0.2) is 0 Å². The van der Waals surface area contributed by atoms with E-state index in [2.05, 4.69) is 70.7 Å². The maximum atomic E-state index is 4.96.